The first-order valence-corrected chi connectivity index (χ1v) is 9.65. The average Bonchev–Trinajstić information content (AvgIpc) is 2.65. The van der Waals surface area contributed by atoms with Gasteiger partial charge in [-0.2, -0.15) is 0 Å². The molecule has 2 rings (SSSR count). The van der Waals surface area contributed by atoms with Gasteiger partial charge >= 0.3 is 0 Å². The molecule has 0 aromatic heterocycles. The van der Waals surface area contributed by atoms with Crippen LogP contribution in [0.25, 0.3) is 0 Å². The second-order valence-electron chi connectivity index (χ2n) is 6.78. The molecule has 0 aliphatic rings. The number of hydrogen-bond acceptors (Lipinski definition) is 2. The standard InChI is InChI=1S/C22H27ClN2O2/c1-4-12-24-22(27)17(3)25(15-18-8-10-20(23)11-9-18)21(26)14-19-7-5-6-16(2)13-19/h5-11,13,17H,4,12,14-15H2,1-3H3,(H,24,27). The maximum atomic E-state index is 13.0. The highest BCUT2D eigenvalue weighted by atomic mass is 35.5. The van der Waals surface area contributed by atoms with Crippen LogP contribution in [0, 0.1) is 6.92 Å². The number of carbonyl (C=O) groups excluding carboxylic acids is 2. The SMILES string of the molecule is CCCNC(=O)C(C)N(Cc1ccc(Cl)cc1)C(=O)Cc1cccc(C)c1. The summed E-state index contributed by atoms with van der Waals surface area (Å²) >= 11 is 5.96. The van der Waals surface area contributed by atoms with Gasteiger partial charge < -0.3 is 10.2 Å². The molecule has 1 atom stereocenters. The van der Waals surface area contributed by atoms with Crippen molar-refractivity contribution in [3.8, 4) is 0 Å². The van der Waals surface area contributed by atoms with E-state index in [1.165, 1.54) is 0 Å². The Hall–Kier alpha value is -2.33. The normalized spacial score (nSPS) is 11.7. The highest BCUT2D eigenvalue weighted by Gasteiger charge is 2.26. The molecule has 27 heavy (non-hydrogen) atoms. The van der Waals surface area contributed by atoms with Crippen LogP contribution >= 0.6 is 11.6 Å². The summed E-state index contributed by atoms with van der Waals surface area (Å²) in [5.41, 5.74) is 2.99. The van der Waals surface area contributed by atoms with Gasteiger partial charge in [0, 0.05) is 18.1 Å². The molecular weight excluding hydrogens is 360 g/mol. The molecule has 0 saturated carbocycles. The Morgan fingerprint density at radius 1 is 1.11 bits per heavy atom. The average molecular weight is 387 g/mol. The summed E-state index contributed by atoms with van der Waals surface area (Å²) in [6.07, 6.45) is 1.12. The van der Waals surface area contributed by atoms with Crippen LogP contribution in [-0.2, 0) is 22.6 Å². The quantitative estimate of drug-likeness (QED) is 0.741. The zero-order valence-corrected chi connectivity index (χ0v) is 16.9. The Bertz CT molecular complexity index is 774. The second-order valence-corrected chi connectivity index (χ2v) is 7.22. The van der Waals surface area contributed by atoms with Crippen LogP contribution in [0.4, 0.5) is 0 Å². The van der Waals surface area contributed by atoms with E-state index >= 15 is 0 Å². The lowest BCUT2D eigenvalue weighted by atomic mass is 10.1. The van der Waals surface area contributed by atoms with Crippen LogP contribution in [0.2, 0.25) is 5.02 Å². The Labute approximate surface area is 166 Å². The van der Waals surface area contributed by atoms with Crippen LogP contribution < -0.4 is 5.32 Å². The molecule has 0 saturated heterocycles. The zero-order chi connectivity index (χ0) is 19.8. The molecule has 1 N–H and O–H groups in total. The van der Waals surface area contributed by atoms with E-state index in [4.69, 9.17) is 11.6 Å². The van der Waals surface area contributed by atoms with Crippen molar-refractivity contribution in [1.29, 1.82) is 0 Å². The summed E-state index contributed by atoms with van der Waals surface area (Å²) in [7, 11) is 0. The van der Waals surface area contributed by atoms with Crippen LogP contribution in [0.3, 0.4) is 0 Å². The Balaban J connectivity index is 2.20. The highest BCUT2D eigenvalue weighted by molar-refractivity contribution is 6.30. The van der Waals surface area contributed by atoms with E-state index in [0.717, 1.165) is 23.1 Å². The van der Waals surface area contributed by atoms with Crippen LogP contribution in [0.5, 0.6) is 0 Å². The Morgan fingerprint density at radius 3 is 2.44 bits per heavy atom. The molecular formula is C22H27ClN2O2. The summed E-state index contributed by atoms with van der Waals surface area (Å²) in [6, 6.07) is 14.7. The monoisotopic (exact) mass is 386 g/mol. The van der Waals surface area contributed by atoms with Crippen molar-refractivity contribution in [2.75, 3.05) is 6.54 Å². The van der Waals surface area contributed by atoms with Gasteiger partial charge in [-0.3, -0.25) is 9.59 Å². The van der Waals surface area contributed by atoms with Gasteiger partial charge in [0.05, 0.1) is 6.42 Å². The van der Waals surface area contributed by atoms with Crippen molar-refractivity contribution in [3.63, 3.8) is 0 Å². The fourth-order valence-corrected chi connectivity index (χ4v) is 2.99. The lowest BCUT2D eigenvalue weighted by Crippen LogP contribution is -2.48. The Morgan fingerprint density at radius 2 is 1.81 bits per heavy atom. The fourth-order valence-electron chi connectivity index (χ4n) is 2.86. The number of rotatable bonds is 8. The van der Waals surface area contributed by atoms with Crippen molar-refractivity contribution < 1.29 is 9.59 Å². The molecule has 1 unspecified atom stereocenters. The number of halogens is 1. The van der Waals surface area contributed by atoms with Crippen LogP contribution in [0.1, 0.15) is 37.0 Å². The fraction of sp³-hybridized carbons (Fsp3) is 0.364. The van der Waals surface area contributed by atoms with Gasteiger partial charge in [0.1, 0.15) is 6.04 Å². The smallest absolute Gasteiger partial charge is 0.242 e. The van der Waals surface area contributed by atoms with E-state index in [1.54, 1.807) is 24.0 Å². The van der Waals surface area contributed by atoms with E-state index < -0.39 is 6.04 Å². The van der Waals surface area contributed by atoms with E-state index in [0.29, 0.717) is 18.1 Å². The van der Waals surface area contributed by atoms with Gasteiger partial charge in [0.2, 0.25) is 11.8 Å². The first-order valence-electron chi connectivity index (χ1n) is 9.28. The van der Waals surface area contributed by atoms with E-state index in [9.17, 15) is 9.59 Å². The minimum absolute atomic E-state index is 0.0744. The van der Waals surface area contributed by atoms with Gasteiger partial charge in [0.15, 0.2) is 0 Å². The van der Waals surface area contributed by atoms with Crippen molar-refractivity contribution in [2.45, 2.75) is 46.2 Å². The first kappa shape index (κ1) is 21.0. The number of hydrogen-bond donors (Lipinski definition) is 1. The number of benzene rings is 2. The Kier molecular flexibility index (Phi) is 7.86. The molecule has 2 amide bonds. The summed E-state index contributed by atoms with van der Waals surface area (Å²) in [5, 5.41) is 3.53. The van der Waals surface area contributed by atoms with E-state index in [2.05, 4.69) is 5.32 Å². The van der Waals surface area contributed by atoms with Crippen LogP contribution in [0.15, 0.2) is 48.5 Å². The zero-order valence-electron chi connectivity index (χ0n) is 16.2. The largest absolute Gasteiger partial charge is 0.354 e. The van der Waals surface area contributed by atoms with E-state index in [-0.39, 0.29) is 18.2 Å². The van der Waals surface area contributed by atoms with Crippen molar-refractivity contribution in [1.82, 2.24) is 10.2 Å². The third kappa shape index (κ3) is 6.40. The molecule has 5 heteroatoms. The van der Waals surface area contributed by atoms with Gasteiger partial charge in [-0.15, -0.1) is 0 Å². The molecule has 144 valence electrons. The van der Waals surface area contributed by atoms with Crippen molar-refractivity contribution in [2.24, 2.45) is 0 Å². The van der Waals surface area contributed by atoms with Gasteiger partial charge in [0.25, 0.3) is 0 Å². The van der Waals surface area contributed by atoms with E-state index in [1.807, 2.05) is 50.2 Å². The molecule has 0 bridgehead atoms. The first-order chi connectivity index (χ1) is 12.9. The maximum absolute atomic E-state index is 13.0. The van der Waals surface area contributed by atoms with Gasteiger partial charge in [-0.25, -0.2) is 0 Å². The summed E-state index contributed by atoms with van der Waals surface area (Å²) in [6.45, 7) is 6.74. The van der Waals surface area contributed by atoms with Crippen LogP contribution in [-0.4, -0.2) is 29.3 Å². The predicted molar refractivity (Wildman–Crippen MR) is 110 cm³/mol. The van der Waals surface area contributed by atoms with Crippen molar-refractivity contribution >= 4 is 23.4 Å². The summed E-state index contributed by atoms with van der Waals surface area (Å²) in [5.74, 6) is -0.210. The summed E-state index contributed by atoms with van der Waals surface area (Å²) in [4.78, 5) is 27.1. The maximum Gasteiger partial charge on any atom is 0.242 e. The number of carbonyl (C=O) groups is 2. The number of nitrogens with zero attached hydrogens (tertiary/aromatic N) is 1. The molecule has 0 aliphatic heterocycles. The molecule has 2 aromatic rings. The third-order valence-electron chi connectivity index (χ3n) is 4.42. The molecule has 0 heterocycles. The molecule has 0 fully saturated rings. The lowest BCUT2D eigenvalue weighted by molar-refractivity contribution is -0.140. The molecule has 0 radical (unpaired) electrons. The number of nitrogens with one attached hydrogen (secondary N) is 1. The second kappa shape index (κ2) is 10.1. The summed E-state index contributed by atoms with van der Waals surface area (Å²) < 4.78 is 0. The third-order valence-corrected chi connectivity index (χ3v) is 4.67. The highest BCUT2D eigenvalue weighted by Crippen LogP contribution is 2.15. The number of aryl methyl sites for hydroxylation is 1. The molecule has 0 aliphatic carbocycles. The molecule has 4 nitrogen and oxygen atoms in total. The number of amides is 2. The molecule has 0 spiro atoms. The minimum Gasteiger partial charge on any atom is -0.354 e. The van der Waals surface area contributed by atoms with Crippen molar-refractivity contribution in [3.05, 3.63) is 70.2 Å². The predicted octanol–water partition coefficient (Wildman–Crippen LogP) is 4.13. The lowest BCUT2D eigenvalue weighted by Gasteiger charge is -2.29. The topological polar surface area (TPSA) is 49.4 Å². The van der Waals surface area contributed by atoms with Gasteiger partial charge in [-0.05, 0) is 43.5 Å². The van der Waals surface area contributed by atoms with Gasteiger partial charge in [-0.1, -0.05) is 60.5 Å². The minimum atomic E-state index is -0.551. The molecule has 2 aromatic carbocycles.